The van der Waals surface area contributed by atoms with E-state index in [1.54, 1.807) is 6.07 Å². The number of morpholine rings is 1. The lowest BCUT2D eigenvalue weighted by Gasteiger charge is -2.37. The minimum absolute atomic E-state index is 0.0610. The van der Waals surface area contributed by atoms with Crippen molar-refractivity contribution in [2.75, 3.05) is 38.0 Å². The topological polar surface area (TPSA) is 61.9 Å². The molecule has 6 heteroatoms. The SMILES string of the molecule is CC(=O)Nc1cc(C(=O)N2CCC(CCN3C[C@H](C)O[C@@H](C)C3)CC2)ccc1C. The number of nitrogens with zero attached hydrogens (tertiary/aromatic N) is 2. The molecule has 2 saturated heterocycles. The summed E-state index contributed by atoms with van der Waals surface area (Å²) < 4.78 is 5.82. The molecule has 0 unspecified atom stereocenters. The molecule has 29 heavy (non-hydrogen) atoms. The first-order valence-corrected chi connectivity index (χ1v) is 10.9. The number of amides is 2. The van der Waals surface area contributed by atoms with Gasteiger partial charge in [0.05, 0.1) is 12.2 Å². The fraction of sp³-hybridized carbons (Fsp3) is 0.652. The Morgan fingerprint density at radius 2 is 1.79 bits per heavy atom. The van der Waals surface area contributed by atoms with Gasteiger partial charge in [0.15, 0.2) is 0 Å². The highest BCUT2D eigenvalue weighted by Crippen LogP contribution is 2.24. The molecule has 2 fully saturated rings. The molecule has 0 aromatic heterocycles. The van der Waals surface area contributed by atoms with Crippen LogP contribution in [0.15, 0.2) is 18.2 Å². The van der Waals surface area contributed by atoms with Gasteiger partial charge in [0, 0.05) is 44.4 Å². The average molecular weight is 402 g/mol. The van der Waals surface area contributed by atoms with E-state index in [1.165, 1.54) is 13.3 Å². The summed E-state index contributed by atoms with van der Waals surface area (Å²) in [6, 6.07) is 5.55. The number of nitrogens with one attached hydrogen (secondary N) is 1. The van der Waals surface area contributed by atoms with Gasteiger partial charge in [0.1, 0.15) is 0 Å². The van der Waals surface area contributed by atoms with Crippen LogP contribution in [0.2, 0.25) is 0 Å². The quantitative estimate of drug-likeness (QED) is 0.822. The van der Waals surface area contributed by atoms with Crippen LogP contribution in [-0.2, 0) is 9.53 Å². The molecule has 0 radical (unpaired) electrons. The highest BCUT2D eigenvalue weighted by molar-refractivity contribution is 5.97. The number of carbonyl (C=O) groups is 2. The minimum Gasteiger partial charge on any atom is -0.373 e. The molecule has 0 bridgehead atoms. The third kappa shape index (κ3) is 6.03. The Labute approximate surface area is 174 Å². The largest absolute Gasteiger partial charge is 0.373 e. The van der Waals surface area contributed by atoms with Crippen LogP contribution in [-0.4, -0.2) is 66.5 Å². The predicted molar refractivity (Wildman–Crippen MR) is 115 cm³/mol. The second-order valence-corrected chi connectivity index (χ2v) is 8.75. The monoisotopic (exact) mass is 401 g/mol. The molecule has 0 aliphatic carbocycles. The van der Waals surface area contributed by atoms with Crippen molar-refractivity contribution in [2.45, 2.75) is 59.2 Å². The molecule has 6 nitrogen and oxygen atoms in total. The maximum atomic E-state index is 12.9. The molecule has 0 spiro atoms. The zero-order valence-corrected chi connectivity index (χ0v) is 18.2. The lowest BCUT2D eigenvalue weighted by Crippen LogP contribution is -2.46. The summed E-state index contributed by atoms with van der Waals surface area (Å²) in [5.74, 6) is 0.619. The molecule has 1 aromatic rings. The van der Waals surface area contributed by atoms with Crippen molar-refractivity contribution < 1.29 is 14.3 Å². The van der Waals surface area contributed by atoms with Gasteiger partial charge in [-0.2, -0.15) is 0 Å². The maximum Gasteiger partial charge on any atom is 0.253 e. The predicted octanol–water partition coefficient (Wildman–Crippen LogP) is 3.30. The first kappa shape index (κ1) is 21.8. The van der Waals surface area contributed by atoms with Gasteiger partial charge in [-0.1, -0.05) is 6.07 Å². The number of hydrogen-bond donors (Lipinski definition) is 1. The minimum atomic E-state index is -0.123. The van der Waals surface area contributed by atoms with Crippen LogP contribution in [0.25, 0.3) is 0 Å². The number of hydrogen-bond acceptors (Lipinski definition) is 4. The first-order chi connectivity index (χ1) is 13.8. The van der Waals surface area contributed by atoms with Crippen molar-refractivity contribution in [1.29, 1.82) is 0 Å². The second kappa shape index (κ2) is 9.72. The Morgan fingerprint density at radius 1 is 1.14 bits per heavy atom. The molecule has 1 N–H and O–H groups in total. The Balaban J connectivity index is 1.49. The lowest BCUT2D eigenvalue weighted by atomic mass is 9.92. The van der Waals surface area contributed by atoms with E-state index in [9.17, 15) is 9.59 Å². The fourth-order valence-corrected chi connectivity index (χ4v) is 4.52. The molecule has 2 atom stereocenters. The van der Waals surface area contributed by atoms with Crippen LogP contribution in [0.4, 0.5) is 5.69 Å². The average Bonchev–Trinajstić information content (AvgIpc) is 2.67. The van der Waals surface area contributed by atoms with Gasteiger partial charge in [0.2, 0.25) is 5.91 Å². The van der Waals surface area contributed by atoms with Gasteiger partial charge in [0.25, 0.3) is 5.91 Å². The van der Waals surface area contributed by atoms with Crippen molar-refractivity contribution in [1.82, 2.24) is 9.80 Å². The zero-order valence-electron chi connectivity index (χ0n) is 18.2. The van der Waals surface area contributed by atoms with Gasteiger partial charge >= 0.3 is 0 Å². The van der Waals surface area contributed by atoms with E-state index in [1.807, 2.05) is 24.0 Å². The van der Waals surface area contributed by atoms with E-state index in [0.717, 1.165) is 51.1 Å². The van der Waals surface area contributed by atoms with Crippen molar-refractivity contribution in [3.63, 3.8) is 0 Å². The molecule has 2 amide bonds. The number of benzene rings is 1. The van der Waals surface area contributed by atoms with Gasteiger partial charge < -0.3 is 15.0 Å². The Morgan fingerprint density at radius 3 is 2.41 bits per heavy atom. The molecule has 160 valence electrons. The molecule has 0 saturated carbocycles. The summed E-state index contributed by atoms with van der Waals surface area (Å²) in [5, 5.41) is 2.81. The normalized spacial score (nSPS) is 23.8. The molecular weight excluding hydrogens is 366 g/mol. The van der Waals surface area contributed by atoms with Crippen LogP contribution in [0, 0.1) is 12.8 Å². The van der Waals surface area contributed by atoms with E-state index < -0.39 is 0 Å². The number of rotatable bonds is 5. The van der Waals surface area contributed by atoms with Crippen LogP contribution in [0.1, 0.15) is 56.0 Å². The molecule has 3 rings (SSSR count). The van der Waals surface area contributed by atoms with E-state index in [4.69, 9.17) is 4.74 Å². The van der Waals surface area contributed by atoms with E-state index in [-0.39, 0.29) is 11.8 Å². The van der Waals surface area contributed by atoms with Gasteiger partial charge in [-0.25, -0.2) is 0 Å². The van der Waals surface area contributed by atoms with Crippen LogP contribution in [0.3, 0.4) is 0 Å². The van der Waals surface area contributed by atoms with Gasteiger partial charge in [-0.15, -0.1) is 0 Å². The number of aryl methyl sites for hydroxylation is 1. The number of ether oxygens (including phenoxy) is 1. The van der Waals surface area contributed by atoms with Crippen LogP contribution >= 0.6 is 0 Å². The van der Waals surface area contributed by atoms with Crippen molar-refractivity contribution in [2.24, 2.45) is 5.92 Å². The van der Waals surface area contributed by atoms with Crippen LogP contribution in [0.5, 0.6) is 0 Å². The van der Waals surface area contributed by atoms with Crippen molar-refractivity contribution in [3.05, 3.63) is 29.3 Å². The number of piperidine rings is 1. The molecule has 1 aromatic carbocycles. The summed E-state index contributed by atoms with van der Waals surface area (Å²) in [5.41, 5.74) is 2.32. The molecule has 2 heterocycles. The fourth-order valence-electron chi connectivity index (χ4n) is 4.52. The van der Waals surface area contributed by atoms with Crippen molar-refractivity contribution >= 4 is 17.5 Å². The standard InChI is InChI=1S/C23H35N3O3/c1-16-5-6-21(13-22(16)24-19(4)27)23(28)26-11-8-20(9-12-26)7-10-25-14-17(2)29-18(3)15-25/h5-6,13,17-18,20H,7-12,14-15H2,1-4H3,(H,24,27)/t17-,18-/m0/s1. The van der Waals surface area contributed by atoms with Gasteiger partial charge in [-0.3, -0.25) is 14.5 Å². The second-order valence-electron chi connectivity index (χ2n) is 8.75. The van der Waals surface area contributed by atoms with Crippen LogP contribution < -0.4 is 5.32 Å². The summed E-state index contributed by atoms with van der Waals surface area (Å²) in [7, 11) is 0. The summed E-state index contributed by atoms with van der Waals surface area (Å²) in [6.45, 7) is 12.5. The highest BCUT2D eigenvalue weighted by atomic mass is 16.5. The zero-order chi connectivity index (χ0) is 21.0. The Hall–Kier alpha value is -1.92. The smallest absolute Gasteiger partial charge is 0.253 e. The van der Waals surface area contributed by atoms with Crippen molar-refractivity contribution in [3.8, 4) is 0 Å². The Kier molecular flexibility index (Phi) is 7.30. The summed E-state index contributed by atoms with van der Waals surface area (Å²) in [4.78, 5) is 28.8. The molecular formula is C23H35N3O3. The number of anilines is 1. The number of likely N-dealkylation sites (tertiary alicyclic amines) is 1. The maximum absolute atomic E-state index is 12.9. The van der Waals surface area contributed by atoms with Gasteiger partial charge in [-0.05, 0) is 70.2 Å². The lowest BCUT2D eigenvalue weighted by molar-refractivity contribution is -0.114. The van der Waals surface area contributed by atoms with E-state index in [0.29, 0.717) is 29.4 Å². The molecule has 2 aliphatic rings. The third-order valence-electron chi connectivity index (χ3n) is 6.05. The van der Waals surface area contributed by atoms with E-state index in [2.05, 4.69) is 24.1 Å². The summed E-state index contributed by atoms with van der Waals surface area (Å²) in [6.07, 6.45) is 3.95. The first-order valence-electron chi connectivity index (χ1n) is 10.9. The third-order valence-corrected chi connectivity index (χ3v) is 6.05. The number of carbonyl (C=O) groups excluding carboxylic acids is 2. The Bertz CT molecular complexity index is 718. The summed E-state index contributed by atoms with van der Waals surface area (Å²) >= 11 is 0. The van der Waals surface area contributed by atoms with E-state index >= 15 is 0 Å². The highest BCUT2D eigenvalue weighted by Gasteiger charge is 2.26. The molecule has 2 aliphatic heterocycles.